The van der Waals surface area contributed by atoms with E-state index in [4.69, 9.17) is 0 Å². The lowest BCUT2D eigenvalue weighted by molar-refractivity contribution is -0.140. The number of nitrogens with zero attached hydrogens (tertiary/aromatic N) is 1. The maximum atomic E-state index is 13.2. The Balaban J connectivity index is 1.96. The van der Waals surface area contributed by atoms with Gasteiger partial charge in [0, 0.05) is 26.4 Å². The first-order valence-electron chi connectivity index (χ1n) is 12.0. The predicted octanol–water partition coefficient (Wildman–Crippen LogP) is 3.76. The number of carbonyl (C=O) groups is 3. The molecule has 1 heterocycles. The van der Waals surface area contributed by atoms with E-state index in [-0.39, 0.29) is 17.7 Å². The average molecular weight is 442 g/mol. The summed E-state index contributed by atoms with van der Waals surface area (Å²) in [6.45, 7) is 4.38. The zero-order valence-electron chi connectivity index (χ0n) is 19.5. The molecule has 3 amide bonds. The lowest BCUT2D eigenvalue weighted by Crippen LogP contribution is -2.54. The van der Waals surface area contributed by atoms with Gasteiger partial charge in [-0.1, -0.05) is 55.7 Å². The fourth-order valence-corrected chi connectivity index (χ4v) is 4.03. The van der Waals surface area contributed by atoms with Gasteiger partial charge in [0.25, 0.3) is 0 Å². The van der Waals surface area contributed by atoms with Gasteiger partial charge in [-0.05, 0) is 44.1 Å². The van der Waals surface area contributed by atoms with Gasteiger partial charge in [0.1, 0.15) is 12.1 Å². The molecule has 6 nitrogen and oxygen atoms in total. The quantitative estimate of drug-likeness (QED) is 0.361. The van der Waals surface area contributed by atoms with Crippen LogP contribution in [0.15, 0.2) is 43.0 Å². The third kappa shape index (κ3) is 8.85. The summed E-state index contributed by atoms with van der Waals surface area (Å²) in [6, 6.07) is 8.52. The molecule has 0 unspecified atom stereocenters. The highest BCUT2D eigenvalue weighted by Crippen LogP contribution is 2.14. The van der Waals surface area contributed by atoms with Crippen LogP contribution < -0.4 is 10.6 Å². The summed E-state index contributed by atoms with van der Waals surface area (Å²) >= 11 is 0. The van der Waals surface area contributed by atoms with Gasteiger partial charge in [-0.3, -0.25) is 14.4 Å². The summed E-state index contributed by atoms with van der Waals surface area (Å²) in [5.74, 6) is -0.437. The molecular weight excluding hydrogens is 402 g/mol. The third-order valence-corrected chi connectivity index (χ3v) is 6.09. The van der Waals surface area contributed by atoms with E-state index in [0.717, 1.165) is 56.9 Å². The van der Waals surface area contributed by atoms with E-state index in [2.05, 4.69) is 17.2 Å². The standard InChI is InChI=1S/C26H39N3O3/c1-3-4-5-6-7-8-12-18-24(30)29(2)23(20-21-15-10-9-11-16-21)26(32)28-22-17-13-14-19-27-25(22)31/h3,9-11,15-16,22-23H,1,4-8,12-14,17-20H2,2H3,(H,27,31)(H,28,32)/t22-,23-/m0/s1. The number of benzene rings is 1. The molecule has 2 atom stereocenters. The third-order valence-electron chi connectivity index (χ3n) is 6.09. The number of hydrogen-bond donors (Lipinski definition) is 2. The minimum atomic E-state index is -0.645. The monoisotopic (exact) mass is 441 g/mol. The summed E-state index contributed by atoms with van der Waals surface area (Å²) in [5, 5.41) is 5.76. The SMILES string of the molecule is C=CCCCCCCCC(=O)N(C)[C@@H](Cc1ccccc1)C(=O)N[C@H]1CCCCNC1=O. The average Bonchev–Trinajstić information content (AvgIpc) is 3.00. The van der Waals surface area contributed by atoms with Gasteiger partial charge in [-0.25, -0.2) is 0 Å². The molecule has 32 heavy (non-hydrogen) atoms. The molecule has 0 spiro atoms. The van der Waals surface area contributed by atoms with Crippen LogP contribution in [0.5, 0.6) is 0 Å². The van der Waals surface area contributed by atoms with Crippen molar-refractivity contribution < 1.29 is 14.4 Å². The van der Waals surface area contributed by atoms with Gasteiger partial charge < -0.3 is 15.5 Å². The normalized spacial score (nSPS) is 17.0. The largest absolute Gasteiger partial charge is 0.354 e. The number of amides is 3. The van der Waals surface area contributed by atoms with Crippen LogP contribution in [0.4, 0.5) is 0 Å². The smallest absolute Gasteiger partial charge is 0.243 e. The molecule has 1 aromatic carbocycles. The number of carbonyl (C=O) groups excluding carboxylic acids is 3. The van der Waals surface area contributed by atoms with Crippen LogP contribution in [0.1, 0.15) is 69.8 Å². The van der Waals surface area contributed by atoms with Gasteiger partial charge in [-0.2, -0.15) is 0 Å². The highest BCUT2D eigenvalue weighted by molar-refractivity contribution is 5.92. The maximum absolute atomic E-state index is 13.2. The van der Waals surface area contributed by atoms with Gasteiger partial charge in [0.15, 0.2) is 0 Å². The number of hydrogen-bond acceptors (Lipinski definition) is 3. The summed E-state index contributed by atoms with van der Waals surface area (Å²) in [4.78, 5) is 39.9. The Labute approximate surface area is 192 Å². The molecule has 0 aromatic heterocycles. The summed E-state index contributed by atoms with van der Waals surface area (Å²) in [6.07, 6.45) is 11.5. The van der Waals surface area contributed by atoms with Crippen LogP contribution in [-0.4, -0.2) is 48.3 Å². The Morgan fingerprint density at radius 2 is 1.88 bits per heavy atom. The van der Waals surface area contributed by atoms with E-state index in [1.807, 2.05) is 36.4 Å². The van der Waals surface area contributed by atoms with Gasteiger partial charge in [-0.15, -0.1) is 6.58 Å². The van der Waals surface area contributed by atoms with Crippen LogP contribution in [0.2, 0.25) is 0 Å². The van der Waals surface area contributed by atoms with Crippen LogP contribution in [0, 0.1) is 0 Å². The van der Waals surface area contributed by atoms with Gasteiger partial charge in [0.05, 0.1) is 0 Å². The molecule has 1 fully saturated rings. The molecule has 6 heteroatoms. The number of nitrogens with one attached hydrogen (secondary N) is 2. The van der Waals surface area contributed by atoms with Crippen molar-refractivity contribution in [3.63, 3.8) is 0 Å². The Morgan fingerprint density at radius 3 is 2.62 bits per heavy atom. The summed E-state index contributed by atoms with van der Waals surface area (Å²) in [7, 11) is 1.70. The zero-order valence-corrected chi connectivity index (χ0v) is 19.5. The first-order chi connectivity index (χ1) is 15.5. The van der Waals surface area contributed by atoms with Crippen LogP contribution in [0.3, 0.4) is 0 Å². The van der Waals surface area contributed by atoms with E-state index in [9.17, 15) is 14.4 Å². The molecule has 1 saturated heterocycles. The molecular formula is C26H39N3O3. The van der Waals surface area contributed by atoms with Crippen molar-refractivity contribution in [3.8, 4) is 0 Å². The van der Waals surface area contributed by atoms with E-state index in [1.54, 1.807) is 11.9 Å². The molecule has 0 aliphatic carbocycles. The van der Waals surface area contributed by atoms with Crippen LogP contribution in [0.25, 0.3) is 0 Å². The van der Waals surface area contributed by atoms with Crippen molar-refractivity contribution in [2.45, 2.75) is 82.7 Å². The first kappa shape index (κ1) is 25.6. The predicted molar refractivity (Wildman–Crippen MR) is 128 cm³/mol. The second kappa shape index (κ2) is 14.4. The Kier molecular flexibility index (Phi) is 11.6. The first-order valence-corrected chi connectivity index (χ1v) is 12.0. The molecule has 0 bridgehead atoms. The lowest BCUT2D eigenvalue weighted by Gasteiger charge is -2.29. The highest BCUT2D eigenvalue weighted by atomic mass is 16.2. The number of rotatable bonds is 13. The van der Waals surface area contributed by atoms with Crippen LogP contribution in [-0.2, 0) is 20.8 Å². The molecule has 1 aliphatic heterocycles. The second-order valence-corrected chi connectivity index (χ2v) is 8.65. The maximum Gasteiger partial charge on any atom is 0.243 e. The van der Waals surface area contributed by atoms with Crippen molar-refractivity contribution in [1.82, 2.24) is 15.5 Å². The van der Waals surface area contributed by atoms with Crippen molar-refractivity contribution in [2.24, 2.45) is 0 Å². The van der Waals surface area contributed by atoms with Gasteiger partial charge >= 0.3 is 0 Å². The van der Waals surface area contributed by atoms with Crippen molar-refractivity contribution in [2.75, 3.05) is 13.6 Å². The van der Waals surface area contributed by atoms with Crippen molar-refractivity contribution >= 4 is 17.7 Å². The van der Waals surface area contributed by atoms with E-state index in [1.165, 1.54) is 0 Å². The summed E-state index contributed by atoms with van der Waals surface area (Å²) < 4.78 is 0. The minimum Gasteiger partial charge on any atom is -0.354 e. The molecule has 176 valence electrons. The molecule has 1 aliphatic rings. The Hall–Kier alpha value is -2.63. The van der Waals surface area contributed by atoms with Crippen molar-refractivity contribution in [3.05, 3.63) is 48.6 Å². The fraction of sp³-hybridized carbons (Fsp3) is 0.577. The molecule has 2 N–H and O–H groups in total. The molecule has 2 rings (SSSR count). The Morgan fingerprint density at radius 1 is 1.16 bits per heavy atom. The minimum absolute atomic E-state index is 0.0301. The van der Waals surface area contributed by atoms with E-state index >= 15 is 0 Å². The Bertz CT molecular complexity index is 735. The molecule has 0 radical (unpaired) electrons. The number of unbranched alkanes of at least 4 members (excludes halogenated alkanes) is 5. The van der Waals surface area contributed by atoms with Crippen LogP contribution >= 0.6 is 0 Å². The van der Waals surface area contributed by atoms with Gasteiger partial charge in [0.2, 0.25) is 17.7 Å². The highest BCUT2D eigenvalue weighted by Gasteiger charge is 2.30. The number of allylic oxidation sites excluding steroid dienone is 1. The van der Waals surface area contributed by atoms with Crippen molar-refractivity contribution in [1.29, 1.82) is 0 Å². The lowest BCUT2D eigenvalue weighted by atomic mass is 10.0. The molecule has 1 aromatic rings. The fourth-order valence-electron chi connectivity index (χ4n) is 4.03. The van der Waals surface area contributed by atoms with E-state index in [0.29, 0.717) is 25.8 Å². The second-order valence-electron chi connectivity index (χ2n) is 8.65. The topological polar surface area (TPSA) is 78.5 Å². The number of likely N-dealkylation sites (N-methyl/N-ethyl adjacent to an activating group) is 1. The molecule has 0 saturated carbocycles. The van der Waals surface area contributed by atoms with E-state index < -0.39 is 12.1 Å². The summed E-state index contributed by atoms with van der Waals surface area (Å²) in [5.41, 5.74) is 0.986. The zero-order chi connectivity index (χ0) is 23.2.